The average Bonchev–Trinajstić information content (AvgIpc) is 2.55. The number of ketones is 1. The first-order chi connectivity index (χ1) is 10.8. The molecule has 3 rings (SSSR count). The Bertz CT molecular complexity index is 669. The standard InChI is InChI=1S/C21H24O/c1-2-3-4-5-6-9-16-12-13-18-15-17-10-7-8-11-19(17)21(22)20(18)14-16/h7-8,10-14H,2-6,9,15H2,1H3. The largest absolute Gasteiger partial charge is 0.289 e. The third-order valence-corrected chi connectivity index (χ3v) is 4.63. The second kappa shape index (κ2) is 6.91. The molecule has 2 aromatic rings. The first-order valence-corrected chi connectivity index (χ1v) is 8.54. The van der Waals surface area contributed by atoms with Gasteiger partial charge in [-0.1, -0.05) is 69.0 Å². The second-order valence-electron chi connectivity index (χ2n) is 6.32. The summed E-state index contributed by atoms with van der Waals surface area (Å²) in [4.78, 5) is 12.7. The Hall–Kier alpha value is -1.89. The van der Waals surface area contributed by atoms with E-state index in [1.807, 2.05) is 18.2 Å². The van der Waals surface area contributed by atoms with E-state index in [-0.39, 0.29) is 5.78 Å². The number of unbranched alkanes of at least 4 members (excludes halogenated alkanes) is 4. The van der Waals surface area contributed by atoms with Gasteiger partial charge < -0.3 is 0 Å². The van der Waals surface area contributed by atoms with Crippen molar-refractivity contribution in [1.82, 2.24) is 0 Å². The Labute approximate surface area is 133 Å². The smallest absolute Gasteiger partial charge is 0.193 e. The quantitative estimate of drug-likeness (QED) is 0.561. The summed E-state index contributed by atoms with van der Waals surface area (Å²) in [7, 11) is 0. The van der Waals surface area contributed by atoms with E-state index in [9.17, 15) is 4.79 Å². The molecule has 0 saturated heterocycles. The number of carbonyl (C=O) groups is 1. The number of hydrogen-bond acceptors (Lipinski definition) is 1. The molecular formula is C21H24O. The fourth-order valence-electron chi connectivity index (χ4n) is 3.32. The molecule has 0 atom stereocenters. The predicted molar refractivity (Wildman–Crippen MR) is 91.6 cm³/mol. The van der Waals surface area contributed by atoms with Crippen LogP contribution < -0.4 is 0 Å². The van der Waals surface area contributed by atoms with Crippen molar-refractivity contribution in [2.75, 3.05) is 0 Å². The lowest BCUT2D eigenvalue weighted by Crippen LogP contribution is -2.15. The first kappa shape index (κ1) is 15.0. The van der Waals surface area contributed by atoms with Crippen molar-refractivity contribution in [1.29, 1.82) is 0 Å². The number of rotatable bonds is 6. The molecule has 2 aromatic carbocycles. The molecule has 0 bridgehead atoms. The molecular weight excluding hydrogens is 268 g/mol. The van der Waals surface area contributed by atoms with E-state index in [2.05, 4.69) is 31.2 Å². The first-order valence-electron chi connectivity index (χ1n) is 8.54. The molecule has 114 valence electrons. The molecule has 0 N–H and O–H groups in total. The molecule has 0 amide bonds. The van der Waals surface area contributed by atoms with E-state index in [0.717, 1.165) is 29.5 Å². The van der Waals surface area contributed by atoms with Crippen molar-refractivity contribution in [2.24, 2.45) is 0 Å². The van der Waals surface area contributed by atoms with Crippen LogP contribution in [0, 0.1) is 0 Å². The lowest BCUT2D eigenvalue weighted by molar-refractivity contribution is 0.103. The molecule has 0 aromatic heterocycles. The van der Waals surface area contributed by atoms with Crippen LogP contribution in [0.5, 0.6) is 0 Å². The normalized spacial score (nSPS) is 12.9. The summed E-state index contributed by atoms with van der Waals surface area (Å²) < 4.78 is 0. The van der Waals surface area contributed by atoms with Crippen molar-refractivity contribution in [3.8, 4) is 0 Å². The maximum atomic E-state index is 12.7. The van der Waals surface area contributed by atoms with Gasteiger partial charge in [-0.2, -0.15) is 0 Å². The highest BCUT2D eigenvalue weighted by atomic mass is 16.1. The minimum Gasteiger partial charge on any atom is -0.289 e. The molecule has 1 aliphatic rings. The van der Waals surface area contributed by atoms with Crippen LogP contribution in [0.25, 0.3) is 0 Å². The van der Waals surface area contributed by atoms with Gasteiger partial charge in [-0.05, 0) is 42.0 Å². The molecule has 1 aliphatic carbocycles. The van der Waals surface area contributed by atoms with Crippen LogP contribution in [-0.2, 0) is 12.8 Å². The second-order valence-corrected chi connectivity index (χ2v) is 6.32. The van der Waals surface area contributed by atoms with Gasteiger partial charge in [0.2, 0.25) is 0 Å². The van der Waals surface area contributed by atoms with Gasteiger partial charge in [-0.25, -0.2) is 0 Å². The molecule has 0 fully saturated rings. The SMILES string of the molecule is CCCCCCCc1ccc2c(c1)C(=O)c1ccccc1C2. The summed E-state index contributed by atoms with van der Waals surface area (Å²) in [6, 6.07) is 14.5. The van der Waals surface area contributed by atoms with Crippen LogP contribution in [0.1, 0.15) is 71.6 Å². The Morgan fingerprint density at radius 1 is 0.864 bits per heavy atom. The lowest BCUT2D eigenvalue weighted by atomic mass is 9.84. The molecule has 0 radical (unpaired) electrons. The van der Waals surface area contributed by atoms with Gasteiger partial charge in [0.15, 0.2) is 5.78 Å². The summed E-state index contributed by atoms with van der Waals surface area (Å²) >= 11 is 0. The maximum Gasteiger partial charge on any atom is 0.193 e. The summed E-state index contributed by atoms with van der Waals surface area (Å²) in [5.74, 6) is 0.199. The van der Waals surface area contributed by atoms with Gasteiger partial charge in [-0.3, -0.25) is 4.79 Å². The minimum atomic E-state index is 0.199. The summed E-state index contributed by atoms with van der Waals surface area (Å²) in [6.45, 7) is 2.24. The maximum absolute atomic E-state index is 12.7. The zero-order valence-corrected chi connectivity index (χ0v) is 13.4. The van der Waals surface area contributed by atoms with Gasteiger partial charge >= 0.3 is 0 Å². The van der Waals surface area contributed by atoms with Crippen molar-refractivity contribution in [3.63, 3.8) is 0 Å². The molecule has 1 nitrogen and oxygen atoms in total. The molecule has 0 saturated carbocycles. The number of hydrogen-bond donors (Lipinski definition) is 0. The van der Waals surface area contributed by atoms with Crippen molar-refractivity contribution in [2.45, 2.75) is 51.9 Å². The van der Waals surface area contributed by atoms with Crippen LogP contribution in [0.15, 0.2) is 42.5 Å². The molecule has 1 heteroatoms. The third-order valence-electron chi connectivity index (χ3n) is 4.63. The monoisotopic (exact) mass is 292 g/mol. The third kappa shape index (κ3) is 3.14. The van der Waals surface area contributed by atoms with Crippen LogP contribution in [0.3, 0.4) is 0 Å². The number of benzene rings is 2. The van der Waals surface area contributed by atoms with E-state index >= 15 is 0 Å². The molecule has 0 spiro atoms. The molecule has 0 unspecified atom stereocenters. The predicted octanol–water partition coefficient (Wildman–Crippen LogP) is 5.33. The van der Waals surface area contributed by atoms with E-state index in [0.29, 0.717) is 0 Å². The van der Waals surface area contributed by atoms with Gasteiger partial charge in [0.1, 0.15) is 0 Å². The Balaban J connectivity index is 1.72. The number of carbonyl (C=O) groups excluding carboxylic acids is 1. The molecule has 22 heavy (non-hydrogen) atoms. The summed E-state index contributed by atoms with van der Waals surface area (Å²) in [5.41, 5.74) is 5.45. The van der Waals surface area contributed by atoms with Crippen LogP contribution in [0.4, 0.5) is 0 Å². The van der Waals surface area contributed by atoms with E-state index in [1.165, 1.54) is 43.2 Å². The fourth-order valence-corrected chi connectivity index (χ4v) is 3.32. The van der Waals surface area contributed by atoms with E-state index < -0.39 is 0 Å². The van der Waals surface area contributed by atoms with Crippen LogP contribution in [0.2, 0.25) is 0 Å². The molecule has 0 heterocycles. The highest BCUT2D eigenvalue weighted by molar-refractivity contribution is 6.12. The van der Waals surface area contributed by atoms with Crippen LogP contribution in [-0.4, -0.2) is 5.78 Å². The van der Waals surface area contributed by atoms with E-state index in [4.69, 9.17) is 0 Å². The summed E-state index contributed by atoms with van der Waals surface area (Å²) in [6.07, 6.45) is 8.44. The number of fused-ring (bicyclic) bond motifs is 2. The van der Waals surface area contributed by atoms with E-state index in [1.54, 1.807) is 0 Å². The highest BCUT2D eigenvalue weighted by Gasteiger charge is 2.22. The molecule has 0 aliphatic heterocycles. The highest BCUT2D eigenvalue weighted by Crippen LogP contribution is 2.28. The van der Waals surface area contributed by atoms with Gasteiger partial charge in [0.25, 0.3) is 0 Å². The van der Waals surface area contributed by atoms with Crippen molar-refractivity contribution in [3.05, 3.63) is 70.3 Å². The van der Waals surface area contributed by atoms with Crippen LogP contribution >= 0.6 is 0 Å². The Kier molecular flexibility index (Phi) is 4.72. The summed E-state index contributed by atoms with van der Waals surface area (Å²) in [5, 5.41) is 0. The van der Waals surface area contributed by atoms with Crippen molar-refractivity contribution >= 4 is 5.78 Å². The topological polar surface area (TPSA) is 17.1 Å². The Morgan fingerprint density at radius 2 is 1.64 bits per heavy atom. The Morgan fingerprint density at radius 3 is 2.50 bits per heavy atom. The van der Waals surface area contributed by atoms with Crippen molar-refractivity contribution < 1.29 is 4.79 Å². The minimum absolute atomic E-state index is 0.199. The zero-order valence-electron chi connectivity index (χ0n) is 13.4. The number of aryl methyl sites for hydroxylation is 1. The average molecular weight is 292 g/mol. The van der Waals surface area contributed by atoms with Gasteiger partial charge in [0, 0.05) is 11.1 Å². The lowest BCUT2D eigenvalue weighted by Gasteiger charge is -2.19. The fraction of sp³-hybridized carbons (Fsp3) is 0.381. The van der Waals surface area contributed by atoms with Gasteiger partial charge in [0.05, 0.1) is 0 Å². The zero-order chi connectivity index (χ0) is 15.4. The van der Waals surface area contributed by atoms with Gasteiger partial charge in [-0.15, -0.1) is 0 Å².